The number of nitrogens with one attached hydrogen (secondary N) is 2. The van der Waals surface area contributed by atoms with Crippen LogP contribution in [0.1, 0.15) is 17.2 Å². The molecule has 2 aromatic heterocycles. The maximum atomic E-state index is 12.8. The van der Waals surface area contributed by atoms with Crippen LogP contribution in [-0.2, 0) is 16.6 Å². The number of hydrogen-bond donors (Lipinski definition) is 2. The van der Waals surface area contributed by atoms with Crippen LogP contribution in [0.4, 0.5) is 5.82 Å². The van der Waals surface area contributed by atoms with Crippen LogP contribution in [-0.4, -0.2) is 58.3 Å². The van der Waals surface area contributed by atoms with E-state index in [1.54, 1.807) is 30.9 Å². The first-order valence-electron chi connectivity index (χ1n) is 8.11. The van der Waals surface area contributed by atoms with E-state index in [0.717, 1.165) is 12.1 Å². The first-order valence-corrected chi connectivity index (χ1v) is 8.11. The van der Waals surface area contributed by atoms with E-state index in [4.69, 9.17) is 4.52 Å². The van der Waals surface area contributed by atoms with Gasteiger partial charge in [0.25, 0.3) is 0 Å². The molecule has 2 aromatic rings. The number of carbonyl (C=O) groups excluding carboxylic acids is 2. The molecule has 1 aliphatic rings. The summed E-state index contributed by atoms with van der Waals surface area (Å²) >= 11 is 0. The molecule has 0 unspecified atom stereocenters. The van der Waals surface area contributed by atoms with Crippen molar-refractivity contribution in [3.63, 3.8) is 0 Å². The third kappa shape index (κ3) is 3.87. The lowest BCUT2D eigenvalue weighted by Crippen LogP contribution is -2.40. The summed E-state index contributed by atoms with van der Waals surface area (Å²) < 4.78 is 6.63. The summed E-state index contributed by atoms with van der Waals surface area (Å²) in [6.07, 6.45) is 3.72. The summed E-state index contributed by atoms with van der Waals surface area (Å²) in [5.74, 6) is 0.426. The van der Waals surface area contributed by atoms with Gasteiger partial charge in [-0.15, -0.1) is 0 Å². The molecule has 2 N–H and O–H groups in total. The van der Waals surface area contributed by atoms with Crippen molar-refractivity contribution in [2.24, 2.45) is 13.0 Å². The number of aryl methyl sites for hydroxylation is 2. The van der Waals surface area contributed by atoms with Gasteiger partial charge in [0.05, 0.1) is 18.7 Å². The summed E-state index contributed by atoms with van der Waals surface area (Å²) in [4.78, 5) is 26.3. The molecule has 25 heavy (non-hydrogen) atoms. The lowest BCUT2D eigenvalue weighted by Gasteiger charge is -2.23. The zero-order valence-electron chi connectivity index (χ0n) is 14.5. The van der Waals surface area contributed by atoms with Gasteiger partial charge in [0, 0.05) is 45.4 Å². The molecule has 0 bridgehead atoms. The van der Waals surface area contributed by atoms with E-state index >= 15 is 0 Å². The summed E-state index contributed by atoms with van der Waals surface area (Å²) in [6, 6.07) is 1.62. The van der Waals surface area contributed by atoms with Crippen LogP contribution in [0.25, 0.3) is 0 Å². The average molecular weight is 346 g/mol. The molecule has 0 radical (unpaired) electrons. The minimum atomic E-state index is -0.312. The second kappa shape index (κ2) is 7.06. The van der Waals surface area contributed by atoms with Gasteiger partial charge in [0.15, 0.2) is 5.82 Å². The molecule has 3 rings (SSSR count). The summed E-state index contributed by atoms with van der Waals surface area (Å²) in [6.45, 7) is 3.01. The zero-order chi connectivity index (χ0) is 18.0. The second-order valence-corrected chi connectivity index (χ2v) is 6.38. The second-order valence-electron chi connectivity index (χ2n) is 6.38. The molecule has 0 spiro atoms. The van der Waals surface area contributed by atoms with Gasteiger partial charge in [-0.2, -0.15) is 5.10 Å². The Hall–Kier alpha value is -2.68. The minimum Gasteiger partial charge on any atom is -0.360 e. The van der Waals surface area contributed by atoms with E-state index in [1.165, 1.54) is 4.90 Å². The van der Waals surface area contributed by atoms with Crippen LogP contribution in [0.3, 0.4) is 0 Å². The fourth-order valence-corrected chi connectivity index (χ4v) is 3.10. The Morgan fingerprint density at radius 2 is 2.28 bits per heavy atom. The van der Waals surface area contributed by atoms with E-state index in [2.05, 4.69) is 20.9 Å². The van der Waals surface area contributed by atoms with Crippen molar-refractivity contribution in [3.8, 4) is 0 Å². The van der Waals surface area contributed by atoms with Gasteiger partial charge in [-0.25, -0.2) is 0 Å². The SMILES string of the molecule is Cc1cc(NC(=O)CN(C)C(=O)[C@H]2CNC[C@@H]2c2cnn(C)c2)no1. The van der Waals surface area contributed by atoms with Crippen LogP contribution in [0.5, 0.6) is 0 Å². The zero-order valence-corrected chi connectivity index (χ0v) is 14.5. The predicted molar refractivity (Wildman–Crippen MR) is 89.8 cm³/mol. The number of amides is 2. The molecular formula is C16H22N6O3. The van der Waals surface area contributed by atoms with E-state index in [1.807, 2.05) is 13.2 Å². The Bertz CT molecular complexity index is 768. The van der Waals surface area contributed by atoms with E-state index in [9.17, 15) is 9.59 Å². The van der Waals surface area contributed by atoms with Crippen LogP contribution < -0.4 is 10.6 Å². The van der Waals surface area contributed by atoms with Gasteiger partial charge in [0.2, 0.25) is 11.8 Å². The third-order valence-electron chi connectivity index (χ3n) is 4.34. The van der Waals surface area contributed by atoms with E-state index in [0.29, 0.717) is 18.1 Å². The summed E-state index contributed by atoms with van der Waals surface area (Å²) in [5.41, 5.74) is 1.03. The smallest absolute Gasteiger partial charge is 0.245 e. The molecule has 9 heteroatoms. The molecular weight excluding hydrogens is 324 g/mol. The molecule has 2 amide bonds. The first kappa shape index (κ1) is 17.2. The molecule has 2 atom stereocenters. The lowest BCUT2D eigenvalue weighted by molar-refractivity contribution is -0.136. The van der Waals surface area contributed by atoms with E-state index < -0.39 is 0 Å². The van der Waals surface area contributed by atoms with Crippen LogP contribution >= 0.6 is 0 Å². The maximum Gasteiger partial charge on any atom is 0.245 e. The molecule has 0 aromatic carbocycles. The Morgan fingerprint density at radius 1 is 1.48 bits per heavy atom. The number of hydrogen-bond acceptors (Lipinski definition) is 6. The molecule has 134 valence electrons. The maximum absolute atomic E-state index is 12.8. The monoisotopic (exact) mass is 346 g/mol. The van der Waals surface area contributed by atoms with Crippen molar-refractivity contribution in [2.45, 2.75) is 12.8 Å². The third-order valence-corrected chi connectivity index (χ3v) is 4.34. The fraction of sp³-hybridized carbons (Fsp3) is 0.500. The normalized spacial score (nSPS) is 19.8. The van der Waals surface area contributed by atoms with Gasteiger partial charge >= 0.3 is 0 Å². The first-order chi connectivity index (χ1) is 11.9. The molecule has 0 saturated carbocycles. The van der Waals surface area contributed by atoms with Crippen molar-refractivity contribution in [1.29, 1.82) is 0 Å². The topological polar surface area (TPSA) is 105 Å². The summed E-state index contributed by atoms with van der Waals surface area (Å²) in [5, 5.41) is 13.8. The number of aromatic nitrogens is 3. The summed E-state index contributed by atoms with van der Waals surface area (Å²) in [7, 11) is 3.49. The number of carbonyl (C=O) groups is 2. The highest BCUT2D eigenvalue weighted by molar-refractivity contribution is 5.94. The van der Waals surface area contributed by atoms with Crippen molar-refractivity contribution in [1.82, 2.24) is 25.2 Å². The number of anilines is 1. The van der Waals surface area contributed by atoms with E-state index in [-0.39, 0.29) is 30.2 Å². The quantitative estimate of drug-likeness (QED) is 0.796. The van der Waals surface area contributed by atoms with Crippen molar-refractivity contribution in [3.05, 3.63) is 29.8 Å². The highest BCUT2D eigenvalue weighted by atomic mass is 16.5. The average Bonchev–Trinajstić information content (AvgIpc) is 3.27. The predicted octanol–water partition coefficient (Wildman–Crippen LogP) is 0.117. The van der Waals surface area contributed by atoms with Crippen molar-refractivity contribution < 1.29 is 14.1 Å². The Kier molecular flexibility index (Phi) is 4.84. The highest BCUT2D eigenvalue weighted by Gasteiger charge is 2.36. The molecule has 0 aliphatic carbocycles. The van der Waals surface area contributed by atoms with Gasteiger partial charge in [-0.1, -0.05) is 5.16 Å². The van der Waals surface area contributed by atoms with Crippen molar-refractivity contribution in [2.75, 3.05) is 32.0 Å². The Balaban J connectivity index is 1.60. The van der Waals surface area contributed by atoms with Crippen LogP contribution in [0.2, 0.25) is 0 Å². The fourth-order valence-electron chi connectivity index (χ4n) is 3.10. The van der Waals surface area contributed by atoms with Gasteiger partial charge in [-0.3, -0.25) is 14.3 Å². The van der Waals surface area contributed by atoms with Crippen molar-refractivity contribution >= 4 is 17.6 Å². The Labute approximate surface area is 145 Å². The largest absolute Gasteiger partial charge is 0.360 e. The minimum absolute atomic E-state index is 0.0407. The lowest BCUT2D eigenvalue weighted by atomic mass is 9.90. The molecule has 3 heterocycles. The van der Waals surface area contributed by atoms with Gasteiger partial charge in [0.1, 0.15) is 5.76 Å². The Morgan fingerprint density at radius 3 is 2.92 bits per heavy atom. The van der Waals surface area contributed by atoms with Crippen LogP contribution in [0, 0.1) is 12.8 Å². The molecule has 1 fully saturated rings. The molecule has 1 aliphatic heterocycles. The van der Waals surface area contributed by atoms with Gasteiger partial charge in [-0.05, 0) is 12.5 Å². The van der Waals surface area contributed by atoms with Gasteiger partial charge < -0.3 is 20.1 Å². The number of rotatable bonds is 5. The number of nitrogens with zero attached hydrogens (tertiary/aromatic N) is 4. The number of likely N-dealkylation sites (N-methyl/N-ethyl adjacent to an activating group) is 1. The molecule has 9 nitrogen and oxygen atoms in total. The van der Waals surface area contributed by atoms with Crippen LogP contribution in [0.15, 0.2) is 23.0 Å². The highest BCUT2D eigenvalue weighted by Crippen LogP contribution is 2.29. The standard InChI is InChI=1S/C16H22N6O3/c1-10-4-14(20-25-10)19-15(23)9-21(2)16(24)13-7-17-6-12(13)11-5-18-22(3)8-11/h4-5,8,12-13,17H,6-7,9H2,1-3H3,(H,19,20,23)/t12-,13+/m1/s1. The molecule has 1 saturated heterocycles.